The van der Waals surface area contributed by atoms with Gasteiger partial charge in [-0.2, -0.15) is 5.10 Å². The molecule has 0 amide bonds. The predicted molar refractivity (Wildman–Crippen MR) is 43.3 cm³/mol. The van der Waals surface area contributed by atoms with Crippen LogP contribution in [0, 0.1) is 6.92 Å². The van der Waals surface area contributed by atoms with Crippen molar-refractivity contribution in [2.24, 2.45) is 0 Å². The van der Waals surface area contributed by atoms with E-state index in [9.17, 15) is 0 Å². The van der Waals surface area contributed by atoms with Gasteiger partial charge in [-0.25, -0.2) is 0 Å². The van der Waals surface area contributed by atoms with Crippen LogP contribution in [-0.4, -0.2) is 14.9 Å². The fourth-order valence-electron chi connectivity index (χ4n) is 1.14. The zero-order chi connectivity index (χ0) is 8.43. The molecule has 0 spiro atoms. The van der Waals surface area contributed by atoms with Crippen molar-refractivity contribution < 1.29 is 5.11 Å². The molecule has 1 aromatic rings. The van der Waals surface area contributed by atoms with Crippen LogP contribution in [0.25, 0.3) is 0 Å². The van der Waals surface area contributed by atoms with Crippen molar-refractivity contribution in [3.63, 3.8) is 0 Å². The van der Waals surface area contributed by atoms with E-state index in [1.807, 2.05) is 31.5 Å². The van der Waals surface area contributed by atoms with E-state index in [0.717, 1.165) is 11.4 Å². The molecule has 0 fully saturated rings. The first-order chi connectivity index (χ1) is 5.15. The molecule has 1 aromatic heterocycles. The number of aliphatic hydroxyl groups is 1. The van der Waals surface area contributed by atoms with Gasteiger partial charge in [0.15, 0.2) is 0 Å². The molecular formula is C8H14N2O. The summed E-state index contributed by atoms with van der Waals surface area (Å²) in [5.74, 6) is 0. The lowest BCUT2D eigenvalue weighted by Crippen LogP contribution is -2.07. The van der Waals surface area contributed by atoms with Crippen molar-refractivity contribution >= 4 is 0 Å². The first-order valence-electron chi connectivity index (χ1n) is 3.81. The number of aryl methyl sites for hydroxylation is 1. The maximum absolute atomic E-state index is 8.92. The van der Waals surface area contributed by atoms with E-state index in [1.165, 1.54) is 0 Å². The normalized spacial score (nSPS) is 11.0. The van der Waals surface area contributed by atoms with Crippen LogP contribution in [-0.2, 0) is 6.61 Å². The van der Waals surface area contributed by atoms with Crippen LogP contribution in [0.4, 0.5) is 0 Å². The summed E-state index contributed by atoms with van der Waals surface area (Å²) in [7, 11) is 0. The van der Waals surface area contributed by atoms with E-state index >= 15 is 0 Å². The van der Waals surface area contributed by atoms with Crippen LogP contribution >= 0.6 is 0 Å². The average Bonchev–Trinajstić information content (AvgIpc) is 2.30. The molecule has 1 heterocycles. The number of nitrogens with zero attached hydrogens (tertiary/aromatic N) is 2. The Morgan fingerprint density at radius 1 is 1.64 bits per heavy atom. The summed E-state index contributed by atoms with van der Waals surface area (Å²) in [6.45, 7) is 6.09. The Hall–Kier alpha value is -0.830. The third-order valence-corrected chi connectivity index (χ3v) is 1.59. The molecule has 1 rings (SSSR count). The van der Waals surface area contributed by atoms with Gasteiger partial charge in [-0.1, -0.05) is 0 Å². The number of hydrogen-bond acceptors (Lipinski definition) is 2. The lowest BCUT2D eigenvalue weighted by Gasteiger charge is -2.08. The minimum Gasteiger partial charge on any atom is -0.390 e. The van der Waals surface area contributed by atoms with E-state index in [4.69, 9.17) is 5.11 Å². The van der Waals surface area contributed by atoms with Crippen LogP contribution in [0.2, 0.25) is 0 Å². The zero-order valence-electron chi connectivity index (χ0n) is 7.20. The molecule has 0 unspecified atom stereocenters. The van der Waals surface area contributed by atoms with Gasteiger partial charge in [-0.3, -0.25) is 4.68 Å². The third kappa shape index (κ3) is 1.60. The Kier molecular flexibility index (Phi) is 2.29. The molecule has 0 aromatic carbocycles. The number of aliphatic hydroxyl groups excluding tert-OH is 1. The van der Waals surface area contributed by atoms with Gasteiger partial charge in [0.2, 0.25) is 0 Å². The summed E-state index contributed by atoms with van der Waals surface area (Å²) >= 11 is 0. The molecule has 0 bridgehead atoms. The quantitative estimate of drug-likeness (QED) is 0.696. The molecule has 1 N–H and O–H groups in total. The van der Waals surface area contributed by atoms with E-state index in [-0.39, 0.29) is 6.61 Å². The number of rotatable bonds is 2. The Bertz CT molecular complexity index is 240. The van der Waals surface area contributed by atoms with Gasteiger partial charge in [0.25, 0.3) is 0 Å². The molecule has 11 heavy (non-hydrogen) atoms. The monoisotopic (exact) mass is 154 g/mol. The Labute approximate surface area is 66.7 Å². The van der Waals surface area contributed by atoms with Gasteiger partial charge in [0.05, 0.1) is 18.0 Å². The molecule has 0 saturated carbocycles. The minimum atomic E-state index is 0.0685. The SMILES string of the molecule is Cc1cc(CO)n(C(C)C)n1. The molecule has 0 atom stereocenters. The zero-order valence-corrected chi connectivity index (χ0v) is 7.20. The van der Waals surface area contributed by atoms with E-state index in [2.05, 4.69) is 5.10 Å². The van der Waals surface area contributed by atoms with Crippen LogP contribution < -0.4 is 0 Å². The lowest BCUT2D eigenvalue weighted by molar-refractivity contribution is 0.264. The van der Waals surface area contributed by atoms with Crippen molar-refractivity contribution in [1.29, 1.82) is 0 Å². The third-order valence-electron chi connectivity index (χ3n) is 1.59. The molecular weight excluding hydrogens is 140 g/mol. The fraction of sp³-hybridized carbons (Fsp3) is 0.625. The average molecular weight is 154 g/mol. The summed E-state index contributed by atoms with van der Waals surface area (Å²) < 4.78 is 1.84. The summed E-state index contributed by atoms with van der Waals surface area (Å²) in [5, 5.41) is 13.2. The summed E-state index contributed by atoms with van der Waals surface area (Å²) in [6, 6.07) is 2.23. The van der Waals surface area contributed by atoms with Gasteiger partial charge in [-0.15, -0.1) is 0 Å². The second-order valence-corrected chi connectivity index (χ2v) is 2.97. The highest BCUT2D eigenvalue weighted by atomic mass is 16.3. The van der Waals surface area contributed by atoms with E-state index in [0.29, 0.717) is 6.04 Å². The van der Waals surface area contributed by atoms with Gasteiger partial charge in [-0.05, 0) is 26.8 Å². The molecule has 0 aliphatic rings. The van der Waals surface area contributed by atoms with Crippen LogP contribution in [0.5, 0.6) is 0 Å². The van der Waals surface area contributed by atoms with E-state index in [1.54, 1.807) is 0 Å². The number of aromatic nitrogens is 2. The van der Waals surface area contributed by atoms with Crippen LogP contribution in [0.3, 0.4) is 0 Å². The molecule has 62 valence electrons. The first-order valence-corrected chi connectivity index (χ1v) is 3.81. The molecule has 0 saturated heterocycles. The molecule has 0 aliphatic heterocycles. The highest BCUT2D eigenvalue weighted by molar-refractivity contribution is 5.08. The Morgan fingerprint density at radius 2 is 2.27 bits per heavy atom. The van der Waals surface area contributed by atoms with Crippen molar-refractivity contribution in [3.05, 3.63) is 17.5 Å². The predicted octanol–water partition coefficient (Wildman–Crippen LogP) is 1.26. The largest absolute Gasteiger partial charge is 0.390 e. The molecule has 0 aliphatic carbocycles. The summed E-state index contributed by atoms with van der Waals surface area (Å²) in [4.78, 5) is 0. The smallest absolute Gasteiger partial charge is 0.0850 e. The Morgan fingerprint density at radius 3 is 2.64 bits per heavy atom. The maximum atomic E-state index is 8.92. The Balaban J connectivity index is 3.02. The maximum Gasteiger partial charge on any atom is 0.0850 e. The number of hydrogen-bond donors (Lipinski definition) is 1. The fourth-order valence-corrected chi connectivity index (χ4v) is 1.14. The van der Waals surface area contributed by atoms with Gasteiger partial charge < -0.3 is 5.11 Å². The minimum absolute atomic E-state index is 0.0685. The lowest BCUT2D eigenvalue weighted by atomic mass is 10.3. The van der Waals surface area contributed by atoms with Gasteiger partial charge >= 0.3 is 0 Å². The molecule has 3 nitrogen and oxygen atoms in total. The first kappa shape index (κ1) is 8.27. The van der Waals surface area contributed by atoms with Crippen molar-refractivity contribution in [2.75, 3.05) is 0 Å². The second-order valence-electron chi connectivity index (χ2n) is 2.97. The summed E-state index contributed by atoms with van der Waals surface area (Å²) in [5.41, 5.74) is 1.85. The highest BCUT2D eigenvalue weighted by Crippen LogP contribution is 2.10. The van der Waals surface area contributed by atoms with Gasteiger partial charge in [0, 0.05) is 6.04 Å². The molecule has 3 heteroatoms. The second kappa shape index (κ2) is 3.05. The van der Waals surface area contributed by atoms with Crippen molar-refractivity contribution in [3.8, 4) is 0 Å². The van der Waals surface area contributed by atoms with Gasteiger partial charge in [0.1, 0.15) is 0 Å². The van der Waals surface area contributed by atoms with Crippen LogP contribution in [0.1, 0.15) is 31.3 Å². The summed E-state index contributed by atoms with van der Waals surface area (Å²) in [6.07, 6.45) is 0. The van der Waals surface area contributed by atoms with Crippen LogP contribution in [0.15, 0.2) is 6.07 Å². The van der Waals surface area contributed by atoms with E-state index < -0.39 is 0 Å². The highest BCUT2D eigenvalue weighted by Gasteiger charge is 2.05. The molecule has 0 radical (unpaired) electrons. The standard InChI is InChI=1S/C8H14N2O/c1-6(2)10-8(5-11)4-7(3)9-10/h4,6,11H,5H2,1-3H3. The topological polar surface area (TPSA) is 38.0 Å². The van der Waals surface area contributed by atoms with Crippen molar-refractivity contribution in [1.82, 2.24) is 9.78 Å². The van der Waals surface area contributed by atoms with Crippen molar-refractivity contribution in [2.45, 2.75) is 33.4 Å².